The van der Waals surface area contributed by atoms with E-state index < -0.39 is 17.3 Å². The number of likely N-dealkylation sites (tertiary alicyclic amines) is 1. The van der Waals surface area contributed by atoms with Crippen LogP contribution in [0.15, 0.2) is 12.1 Å². The number of carbonyl (C=O) groups is 1. The summed E-state index contributed by atoms with van der Waals surface area (Å²) in [6.45, 7) is 3.31. The Hall–Kier alpha value is -1.69. The van der Waals surface area contributed by atoms with Crippen LogP contribution < -0.4 is 11.3 Å². The maximum atomic E-state index is 13.6. The largest absolute Gasteiger partial charge is 0.338 e. The van der Waals surface area contributed by atoms with Gasteiger partial charge >= 0.3 is 0 Å². The van der Waals surface area contributed by atoms with Crippen LogP contribution >= 0.6 is 0 Å². The third-order valence-corrected chi connectivity index (χ3v) is 3.38. The Balaban J connectivity index is 2.24. The first-order valence-electron chi connectivity index (χ1n) is 6.28. The van der Waals surface area contributed by atoms with Crippen molar-refractivity contribution in [2.75, 3.05) is 18.5 Å². The molecule has 1 saturated heterocycles. The minimum atomic E-state index is -0.865. The molecular weight excluding hydrogens is 252 g/mol. The van der Waals surface area contributed by atoms with Crippen LogP contribution in [0.5, 0.6) is 0 Å². The highest BCUT2D eigenvalue weighted by atomic mass is 19.1. The highest BCUT2D eigenvalue weighted by Crippen LogP contribution is 2.23. The van der Waals surface area contributed by atoms with Crippen molar-refractivity contribution < 1.29 is 13.6 Å². The number of anilines is 1. The molecule has 0 aliphatic carbocycles. The SMILES string of the molecule is CC1CCCN(C(=O)c2cc(F)c(NN)c(F)c2)C1. The molecule has 1 atom stereocenters. The zero-order chi connectivity index (χ0) is 14.0. The van der Waals surface area contributed by atoms with E-state index in [2.05, 4.69) is 6.92 Å². The third-order valence-electron chi connectivity index (χ3n) is 3.38. The van der Waals surface area contributed by atoms with Crippen molar-refractivity contribution in [3.05, 3.63) is 29.3 Å². The summed E-state index contributed by atoms with van der Waals surface area (Å²) in [5.41, 5.74) is 1.53. The van der Waals surface area contributed by atoms with Crippen LogP contribution in [0.25, 0.3) is 0 Å². The first kappa shape index (κ1) is 13.7. The highest BCUT2D eigenvalue weighted by Gasteiger charge is 2.23. The second kappa shape index (κ2) is 5.52. The molecule has 0 bridgehead atoms. The van der Waals surface area contributed by atoms with E-state index in [0.717, 1.165) is 25.0 Å². The quantitative estimate of drug-likeness (QED) is 0.638. The molecule has 6 heteroatoms. The molecule has 1 amide bonds. The molecule has 0 radical (unpaired) electrons. The van der Waals surface area contributed by atoms with E-state index in [4.69, 9.17) is 5.84 Å². The van der Waals surface area contributed by atoms with Crippen LogP contribution in [-0.2, 0) is 0 Å². The summed E-state index contributed by atoms with van der Waals surface area (Å²) < 4.78 is 27.1. The average molecular weight is 269 g/mol. The number of rotatable bonds is 2. The van der Waals surface area contributed by atoms with Crippen LogP contribution in [0.1, 0.15) is 30.1 Å². The minimum absolute atomic E-state index is 0.0168. The maximum absolute atomic E-state index is 13.6. The monoisotopic (exact) mass is 269 g/mol. The van der Waals surface area contributed by atoms with Crippen LogP contribution in [-0.4, -0.2) is 23.9 Å². The van der Waals surface area contributed by atoms with Gasteiger partial charge in [0.25, 0.3) is 5.91 Å². The van der Waals surface area contributed by atoms with Gasteiger partial charge < -0.3 is 10.3 Å². The molecule has 4 nitrogen and oxygen atoms in total. The molecular formula is C13H17F2N3O. The van der Waals surface area contributed by atoms with E-state index in [1.807, 2.05) is 5.43 Å². The van der Waals surface area contributed by atoms with Gasteiger partial charge in [-0.2, -0.15) is 0 Å². The Kier molecular flexibility index (Phi) is 3.99. The number of nitrogen functional groups attached to an aromatic ring is 1. The summed E-state index contributed by atoms with van der Waals surface area (Å²) in [5.74, 6) is 3.36. The number of hydrazine groups is 1. The predicted molar refractivity (Wildman–Crippen MR) is 68.5 cm³/mol. The lowest BCUT2D eigenvalue weighted by Gasteiger charge is -2.31. The summed E-state index contributed by atoms with van der Waals surface area (Å²) in [6.07, 6.45) is 1.99. The third kappa shape index (κ3) is 2.84. The molecule has 1 aromatic carbocycles. The summed E-state index contributed by atoms with van der Waals surface area (Å²) in [6, 6.07) is 2.03. The van der Waals surface area contributed by atoms with E-state index in [1.165, 1.54) is 0 Å². The second-order valence-electron chi connectivity index (χ2n) is 4.96. The average Bonchev–Trinajstić information content (AvgIpc) is 2.37. The van der Waals surface area contributed by atoms with Crippen molar-refractivity contribution in [2.45, 2.75) is 19.8 Å². The Morgan fingerprint density at radius 1 is 1.42 bits per heavy atom. The zero-order valence-electron chi connectivity index (χ0n) is 10.7. The van der Waals surface area contributed by atoms with Crippen molar-refractivity contribution in [1.29, 1.82) is 0 Å². The normalized spacial score (nSPS) is 19.4. The summed E-state index contributed by atoms with van der Waals surface area (Å²) >= 11 is 0. The molecule has 0 spiro atoms. The standard InChI is InChI=1S/C13H17F2N3O/c1-8-3-2-4-18(7-8)13(19)9-5-10(14)12(17-16)11(15)6-9/h5-6,8,17H,2-4,7,16H2,1H3. The molecule has 1 unspecified atom stereocenters. The fourth-order valence-corrected chi connectivity index (χ4v) is 2.39. The van der Waals surface area contributed by atoms with Crippen molar-refractivity contribution in [3.63, 3.8) is 0 Å². The molecule has 1 heterocycles. The first-order valence-corrected chi connectivity index (χ1v) is 6.28. The number of hydrogen-bond acceptors (Lipinski definition) is 3. The van der Waals surface area contributed by atoms with Crippen molar-refractivity contribution in [1.82, 2.24) is 4.90 Å². The Bertz CT molecular complexity index is 470. The van der Waals surface area contributed by atoms with Crippen LogP contribution in [0.2, 0.25) is 0 Å². The number of nitrogens with zero attached hydrogens (tertiary/aromatic N) is 1. The lowest BCUT2D eigenvalue weighted by atomic mass is 9.99. The number of nitrogens with two attached hydrogens (primary N) is 1. The van der Waals surface area contributed by atoms with Gasteiger partial charge in [-0.25, -0.2) is 8.78 Å². The molecule has 104 valence electrons. The highest BCUT2D eigenvalue weighted by molar-refractivity contribution is 5.94. The van der Waals surface area contributed by atoms with Gasteiger partial charge in [-0.1, -0.05) is 6.92 Å². The number of amides is 1. The van der Waals surface area contributed by atoms with Gasteiger partial charge in [0.2, 0.25) is 0 Å². The maximum Gasteiger partial charge on any atom is 0.254 e. The lowest BCUT2D eigenvalue weighted by Crippen LogP contribution is -2.39. The molecule has 1 aromatic rings. The van der Waals surface area contributed by atoms with Gasteiger partial charge in [0, 0.05) is 18.7 Å². The summed E-state index contributed by atoms with van der Waals surface area (Å²) in [7, 11) is 0. The van der Waals surface area contributed by atoms with Crippen molar-refractivity contribution in [3.8, 4) is 0 Å². The molecule has 1 aliphatic heterocycles. The molecule has 3 N–H and O–H groups in total. The molecule has 1 fully saturated rings. The molecule has 0 aromatic heterocycles. The Labute approximate surface area is 110 Å². The number of piperidine rings is 1. The fraction of sp³-hybridized carbons (Fsp3) is 0.462. The van der Waals surface area contributed by atoms with Gasteiger partial charge in [-0.15, -0.1) is 0 Å². The molecule has 2 rings (SSSR count). The van der Waals surface area contributed by atoms with Crippen LogP contribution in [0, 0.1) is 17.6 Å². The van der Waals surface area contributed by atoms with Gasteiger partial charge in [0.15, 0.2) is 11.6 Å². The van der Waals surface area contributed by atoms with E-state index in [-0.39, 0.29) is 11.5 Å². The lowest BCUT2D eigenvalue weighted by molar-refractivity contribution is 0.0682. The van der Waals surface area contributed by atoms with Crippen LogP contribution in [0.4, 0.5) is 14.5 Å². The number of carbonyl (C=O) groups excluding carboxylic acids is 1. The van der Waals surface area contributed by atoms with Gasteiger partial charge in [-0.05, 0) is 30.9 Å². The number of nitrogens with one attached hydrogen (secondary N) is 1. The summed E-state index contributed by atoms with van der Waals surface area (Å²) in [4.78, 5) is 13.8. The molecule has 19 heavy (non-hydrogen) atoms. The van der Waals surface area contributed by atoms with Crippen molar-refractivity contribution >= 4 is 11.6 Å². The Morgan fingerprint density at radius 3 is 2.58 bits per heavy atom. The smallest absolute Gasteiger partial charge is 0.254 e. The van der Waals surface area contributed by atoms with E-state index in [0.29, 0.717) is 19.0 Å². The minimum Gasteiger partial charge on any atom is -0.338 e. The topological polar surface area (TPSA) is 58.4 Å². The van der Waals surface area contributed by atoms with Crippen molar-refractivity contribution in [2.24, 2.45) is 11.8 Å². The fourth-order valence-electron chi connectivity index (χ4n) is 2.39. The zero-order valence-corrected chi connectivity index (χ0v) is 10.7. The van der Waals surface area contributed by atoms with Gasteiger partial charge in [0.1, 0.15) is 5.69 Å². The summed E-state index contributed by atoms with van der Waals surface area (Å²) in [5, 5.41) is 0. The molecule has 0 saturated carbocycles. The molecule has 1 aliphatic rings. The number of halogens is 2. The van der Waals surface area contributed by atoms with Crippen LogP contribution in [0.3, 0.4) is 0 Å². The van der Waals surface area contributed by atoms with E-state index >= 15 is 0 Å². The van der Waals surface area contributed by atoms with E-state index in [1.54, 1.807) is 4.90 Å². The van der Waals surface area contributed by atoms with Gasteiger partial charge in [0.05, 0.1) is 0 Å². The first-order chi connectivity index (χ1) is 9.02. The number of hydrogen-bond donors (Lipinski definition) is 2. The Morgan fingerprint density at radius 2 is 2.05 bits per heavy atom. The second-order valence-corrected chi connectivity index (χ2v) is 4.96. The van der Waals surface area contributed by atoms with E-state index in [9.17, 15) is 13.6 Å². The van der Waals surface area contributed by atoms with Gasteiger partial charge in [-0.3, -0.25) is 10.6 Å². The predicted octanol–water partition coefficient (Wildman–Crippen LogP) is 2.12. The number of benzene rings is 1.